The Morgan fingerprint density at radius 2 is 2.23 bits per heavy atom. The second kappa shape index (κ2) is 6.62. The number of hydrogen-bond donors (Lipinski definition) is 2. The Morgan fingerprint density at radius 3 is 2.91 bits per heavy atom. The van der Waals surface area contributed by atoms with E-state index in [1.807, 2.05) is 36.5 Å². The van der Waals surface area contributed by atoms with Crippen LogP contribution in [-0.4, -0.2) is 35.4 Å². The van der Waals surface area contributed by atoms with Gasteiger partial charge >= 0.3 is 0 Å². The predicted octanol–water partition coefficient (Wildman–Crippen LogP) is 1.25. The normalized spacial score (nSPS) is 17.4. The molecule has 6 heteroatoms. The number of ether oxygens (including phenoxy) is 1. The molecule has 0 saturated carbocycles. The van der Waals surface area contributed by atoms with Crippen molar-refractivity contribution in [1.29, 1.82) is 0 Å². The first-order valence-corrected chi connectivity index (χ1v) is 7.46. The lowest BCUT2D eigenvalue weighted by atomic mass is 10.2. The van der Waals surface area contributed by atoms with Crippen LogP contribution in [0.2, 0.25) is 0 Å². The lowest BCUT2D eigenvalue weighted by Crippen LogP contribution is -2.40. The van der Waals surface area contributed by atoms with Crippen molar-refractivity contribution in [3.8, 4) is 11.4 Å². The largest absolute Gasteiger partial charge is 0.497 e. The van der Waals surface area contributed by atoms with Gasteiger partial charge in [0.2, 0.25) is 5.91 Å². The molecule has 3 rings (SSSR count). The number of nitrogens with zero attached hydrogens (tertiary/aromatic N) is 2. The van der Waals surface area contributed by atoms with Gasteiger partial charge in [-0.3, -0.25) is 4.79 Å². The summed E-state index contributed by atoms with van der Waals surface area (Å²) in [7, 11) is 1.64. The Hall–Kier alpha value is -2.34. The highest BCUT2D eigenvalue weighted by Crippen LogP contribution is 2.14. The number of methoxy groups -OCH3 is 1. The van der Waals surface area contributed by atoms with E-state index in [1.54, 1.807) is 11.8 Å². The van der Waals surface area contributed by atoms with Crippen molar-refractivity contribution in [2.24, 2.45) is 0 Å². The number of hydrogen-bond acceptors (Lipinski definition) is 4. The van der Waals surface area contributed by atoms with Gasteiger partial charge in [0.1, 0.15) is 5.75 Å². The summed E-state index contributed by atoms with van der Waals surface area (Å²) in [5.41, 5.74) is 1.79. The SMILES string of the molecule is COc1ccc(-n2ccc(CNC(=O)C3CCCN3)n2)cc1. The van der Waals surface area contributed by atoms with Gasteiger partial charge in [0, 0.05) is 6.20 Å². The smallest absolute Gasteiger partial charge is 0.237 e. The minimum atomic E-state index is -0.0522. The monoisotopic (exact) mass is 300 g/mol. The van der Waals surface area contributed by atoms with E-state index in [0.29, 0.717) is 6.54 Å². The van der Waals surface area contributed by atoms with E-state index in [0.717, 1.165) is 36.5 Å². The third-order valence-electron chi connectivity index (χ3n) is 3.80. The van der Waals surface area contributed by atoms with E-state index in [2.05, 4.69) is 15.7 Å². The van der Waals surface area contributed by atoms with Gasteiger partial charge in [-0.15, -0.1) is 0 Å². The molecular formula is C16H20N4O2. The van der Waals surface area contributed by atoms with Crippen molar-refractivity contribution in [3.63, 3.8) is 0 Å². The molecule has 0 radical (unpaired) electrons. The third kappa shape index (κ3) is 3.28. The van der Waals surface area contributed by atoms with Crippen LogP contribution in [0.4, 0.5) is 0 Å². The van der Waals surface area contributed by atoms with Gasteiger partial charge < -0.3 is 15.4 Å². The van der Waals surface area contributed by atoms with Gasteiger partial charge in [0.25, 0.3) is 0 Å². The fraction of sp³-hybridized carbons (Fsp3) is 0.375. The Bertz CT molecular complexity index is 630. The molecular weight excluding hydrogens is 280 g/mol. The van der Waals surface area contributed by atoms with Crippen LogP contribution in [0, 0.1) is 0 Å². The van der Waals surface area contributed by atoms with E-state index in [9.17, 15) is 4.79 Å². The molecule has 0 bridgehead atoms. The van der Waals surface area contributed by atoms with Crippen molar-refractivity contribution < 1.29 is 9.53 Å². The first-order chi connectivity index (χ1) is 10.8. The van der Waals surface area contributed by atoms with Crippen LogP contribution in [0.15, 0.2) is 36.5 Å². The maximum absolute atomic E-state index is 11.9. The molecule has 1 amide bonds. The standard InChI is InChI=1S/C16H20N4O2/c1-22-14-6-4-13(5-7-14)20-10-8-12(19-20)11-18-16(21)15-3-2-9-17-15/h4-8,10,15,17H,2-3,9,11H2,1H3,(H,18,21). The summed E-state index contributed by atoms with van der Waals surface area (Å²) in [5, 5.41) is 10.6. The number of carbonyl (C=O) groups excluding carboxylic acids is 1. The Labute approximate surface area is 129 Å². The molecule has 1 aromatic heterocycles. The fourth-order valence-corrected chi connectivity index (χ4v) is 2.54. The van der Waals surface area contributed by atoms with Gasteiger partial charge in [0.05, 0.1) is 31.1 Å². The molecule has 1 aromatic carbocycles. The second-order valence-corrected chi connectivity index (χ2v) is 5.32. The molecule has 0 aliphatic carbocycles. The molecule has 2 heterocycles. The summed E-state index contributed by atoms with van der Waals surface area (Å²) in [6.45, 7) is 1.37. The zero-order chi connectivity index (χ0) is 15.4. The minimum Gasteiger partial charge on any atom is -0.497 e. The highest BCUT2D eigenvalue weighted by atomic mass is 16.5. The van der Waals surface area contributed by atoms with E-state index in [1.165, 1.54) is 0 Å². The molecule has 22 heavy (non-hydrogen) atoms. The number of amides is 1. The summed E-state index contributed by atoms with van der Waals surface area (Å²) in [6, 6.07) is 9.53. The molecule has 0 spiro atoms. The number of aromatic nitrogens is 2. The highest BCUT2D eigenvalue weighted by Gasteiger charge is 2.21. The van der Waals surface area contributed by atoms with E-state index < -0.39 is 0 Å². The molecule has 1 unspecified atom stereocenters. The molecule has 1 aliphatic heterocycles. The molecule has 1 atom stereocenters. The van der Waals surface area contributed by atoms with Crippen LogP contribution < -0.4 is 15.4 Å². The van der Waals surface area contributed by atoms with Crippen molar-refractivity contribution in [1.82, 2.24) is 20.4 Å². The van der Waals surface area contributed by atoms with Crippen molar-refractivity contribution in [3.05, 3.63) is 42.2 Å². The predicted molar refractivity (Wildman–Crippen MR) is 83.0 cm³/mol. The summed E-state index contributed by atoms with van der Waals surface area (Å²) < 4.78 is 6.93. The van der Waals surface area contributed by atoms with Gasteiger partial charge in [-0.05, 0) is 49.7 Å². The van der Waals surface area contributed by atoms with Crippen LogP contribution >= 0.6 is 0 Å². The summed E-state index contributed by atoms with van der Waals surface area (Å²) in [4.78, 5) is 11.9. The quantitative estimate of drug-likeness (QED) is 0.872. The highest BCUT2D eigenvalue weighted by molar-refractivity contribution is 5.81. The first-order valence-electron chi connectivity index (χ1n) is 7.46. The van der Waals surface area contributed by atoms with Crippen LogP contribution in [0.3, 0.4) is 0 Å². The van der Waals surface area contributed by atoms with Crippen molar-refractivity contribution in [2.75, 3.05) is 13.7 Å². The maximum atomic E-state index is 11.9. The molecule has 116 valence electrons. The van der Waals surface area contributed by atoms with Crippen molar-refractivity contribution in [2.45, 2.75) is 25.4 Å². The van der Waals surface area contributed by atoms with Crippen LogP contribution in [0.1, 0.15) is 18.5 Å². The van der Waals surface area contributed by atoms with E-state index in [-0.39, 0.29) is 11.9 Å². The van der Waals surface area contributed by atoms with E-state index >= 15 is 0 Å². The average Bonchev–Trinajstić information content (AvgIpc) is 3.24. The van der Waals surface area contributed by atoms with Crippen LogP contribution in [0.25, 0.3) is 5.69 Å². The average molecular weight is 300 g/mol. The van der Waals surface area contributed by atoms with Crippen LogP contribution in [-0.2, 0) is 11.3 Å². The lowest BCUT2D eigenvalue weighted by Gasteiger charge is -2.09. The molecule has 1 fully saturated rings. The molecule has 1 saturated heterocycles. The van der Waals surface area contributed by atoms with Gasteiger partial charge in [-0.1, -0.05) is 0 Å². The number of rotatable bonds is 5. The van der Waals surface area contributed by atoms with E-state index in [4.69, 9.17) is 4.74 Å². The first kappa shape index (κ1) is 14.6. The molecule has 1 aliphatic rings. The Morgan fingerprint density at radius 1 is 1.41 bits per heavy atom. The van der Waals surface area contributed by atoms with Crippen molar-refractivity contribution >= 4 is 5.91 Å². The molecule has 2 aromatic rings. The van der Waals surface area contributed by atoms with Crippen LogP contribution in [0.5, 0.6) is 5.75 Å². The molecule has 2 N–H and O–H groups in total. The Kier molecular flexibility index (Phi) is 4.39. The van der Waals surface area contributed by atoms with Gasteiger partial charge in [-0.2, -0.15) is 5.10 Å². The minimum absolute atomic E-state index is 0.0522. The summed E-state index contributed by atoms with van der Waals surface area (Å²) >= 11 is 0. The third-order valence-corrected chi connectivity index (χ3v) is 3.80. The van der Waals surface area contributed by atoms with Gasteiger partial charge in [0.15, 0.2) is 0 Å². The fourth-order valence-electron chi connectivity index (χ4n) is 2.54. The zero-order valence-corrected chi connectivity index (χ0v) is 12.6. The zero-order valence-electron chi connectivity index (χ0n) is 12.6. The summed E-state index contributed by atoms with van der Waals surface area (Å²) in [5.74, 6) is 0.865. The number of carbonyl (C=O) groups is 1. The van der Waals surface area contributed by atoms with Gasteiger partial charge in [-0.25, -0.2) is 4.68 Å². The lowest BCUT2D eigenvalue weighted by molar-refractivity contribution is -0.122. The topological polar surface area (TPSA) is 68.2 Å². The second-order valence-electron chi connectivity index (χ2n) is 5.32. The maximum Gasteiger partial charge on any atom is 0.237 e. The number of benzene rings is 1. The molecule has 6 nitrogen and oxygen atoms in total. The Balaban J connectivity index is 1.59. The summed E-state index contributed by atoms with van der Waals surface area (Å²) in [6.07, 6.45) is 3.85. The number of nitrogens with one attached hydrogen (secondary N) is 2.